The second-order valence-electron chi connectivity index (χ2n) is 5.10. The summed E-state index contributed by atoms with van der Waals surface area (Å²) < 4.78 is 5.53. The van der Waals surface area contributed by atoms with Crippen LogP contribution in [0.25, 0.3) is 0 Å². The van der Waals surface area contributed by atoms with E-state index in [0.29, 0.717) is 12.6 Å². The summed E-state index contributed by atoms with van der Waals surface area (Å²) in [5.41, 5.74) is 3.87. The molecular formula is C18H23NO. The van der Waals surface area contributed by atoms with E-state index in [9.17, 15) is 0 Å². The van der Waals surface area contributed by atoms with Crippen molar-refractivity contribution in [2.24, 2.45) is 0 Å². The standard InChI is InChI=1S/C18H23NO/c1-4-20-18-10-6-8-16(12-18)13-19-15(3)17-9-5-7-14(2)11-17/h5-12,15,19H,4,13H2,1-3H3/t15-/m1/s1. The zero-order chi connectivity index (χ0) is 14.4. The predicted octanol–water partition coefficient (Wildman–Crippen LogP) is 4.24. The fourth-order valence-electron chi connectivity index (χ4n) is 2.24. The Morgan fingerprint density at radius 3 is 2.65 bits per heavy atom. The van der Waals surface area contributed by atoms with Gasteiger partial charge in [-0.2, -0.15) is 0 Å². The molecule has 0 fully saturated rings. The number of aryl methyl sites for hydroxylation is 1. The topological polar surface area (TPSA) is 21.3 Å². The van der Waals surface area contributed by atoms with E-state index in [2.05, 4.69) is 55.6 Å². The molecule has 2 aromatic carbocycles. The van der Waals surface area contributed by atoms with Crippen LogP contribution in [0.5, 0.6) is 5.75 Å². The largest absolute Gasteiger partial charge is 0.494 e. The van der Waals surface area contributed by atoms with Crippen molar-refractivity contribution in [2.45, 2.75) is 33.4 Å². The minimum atomic E-state index is 0.339. The van der Waals surface area contributed by atoms with E-state index in [1.54, 1.807) is 0 Å². The van der Waals surface area contributed by atoms with Crippen LogP contribution < -0.4 is 10.1 Å². The van der Waals surface area contributed by atoms with Gasteiger partial charge in [0.05, 0.1) is 6.61 Å². The van der Waals surface area contributed by atoms with Gasteiger partial charge in [0.1, 0.15) is 5.75 Å². The smallest absolute Gasteiger partial charge is 0.119 e. The van der Waals surface area contributed by atoms with Crippen LogP contribution in [-0.4, -0.2) is 6.61 Å². The third kappa shape index (κ3) is 4.10. The monoisotopic (exact) mass is 269 g/mol. The Kier molecular flexibility index (Phi) is 5.19. The molecule has 0 aliphatic heterocycles. The second-order valence-corrected chi connectivity index (χ2v) is 5.10. The van der Waals surface area contributed by atoms with E-state index in [0.717, 1.165) is 12.3 Å². The Morgan fingerprint density at radius 1 is 1.10 bits per heavy atom. The molecule has 0 aliphatic rings. The number of hydrogen-bond acceptors (Lipinski definition) is 2. The normalized spacial score (nSPS) is 12.2. The lowest BCUT2D eigenvalue weighted by Crippen LogP contribution is -2.18. The van der Waals surface area contributed by atoms with Gasteiger partial charge in [-0.05, 0) is 44.0 Å². The molecule has 106 valence electrons. The van der Waals surface area contributed by atoms with E-state index in [-0.39, 0.29) is 0 Å². The summed E-state index contributed by atoms with van der Waals surface area (Å²) in [5.74, 6) is 0.940. The molecule has 20 heavy (non-hydrogen) atoms. The maximum atomic E-state index is 5.53. The predicted molar refractivity (Wildman–Crippen MR) is 84.0 cm³/mol. The average Bonchev–Trinajstić information content (AvgIpc) is 2.45. The number of benzene rings is 2. The molecule has 0 heterocycles. The highest BCUT2D eigenvalue weighted by Gasteiger charge is 2.05. The van der Waals surface area contributed by atoms with Gasteiger partial charge in [0.2, 0.25) is 0 Å². The summed E-state index contributed by atoms with van der Waals surface area (Å²) in [7, 11) is 0. The minimum absolute atomic E-state index is 0.339. The zero-order valence-electron chi connectivity index (χ0n) is 12.5. The van der Waals surface area contributed by atoms with Gasteiger partial charge in [-0.15, -0.1) is 0 Å². The summed E-state index contributed by atoms with van der Waals surface area (Å²) in [5, 5.41) is 3.56. The zero-order valence-corrected chi connectivity index (χ0v) is 12.5. The van der Waals surface area contributed by atoms with Gasteiger partial charge in [0, 0.05) is 12.6 Å². The molecule has 1 atom stereocenters. The first-order chi connectivity index (χ1) is 9.69. The Balaban J connectivity index is 1.96. The van der Waals surface area contributed by atoms with Crippen LogP contribution in [0.1, 0.15) is 36.6 Å². The summed E-state index contributed by atoms with van der Waals surface area (Å²) in [4.78, 5) is 0. The van der Waals surface area contributed by atoms with Crippen LogP contribution in [0.15, 0.2) is 48.5 Å². The molecule has 0 aromatic heterocycles. The van der Waals surface area contributed by atoms with E-state index in [1.165, 1.54) is 16.7 Å². The molecule has 0 saturated heterocycles. The van der Waals surface area contributed by atoms with Crippen LogP contribution in [0.3, 0.4) is 0 Å². The fourth-order valence-corrected chi connectivity index (χ4v) is 2.24. The van der Waals surface area contributed by atoms with Gasteiger partial charge in [-0.3, -0.25) is 0 Å². The Labute approximate surface area is 121 Å². The molecule has 0 aliphatic carbocycles. The first kappa shape index (κ1) is 14.6. The highest BCUT2D eigenvalue weighted by Crippen LogP contribution is 2.16. The van der Waals surface area contributed by atoms with E-state index in [4.69, 9.17) is 4.74 Å². The van der Waals surface area contributed by atoms with Crippen LogP contribution in [-0.2, 0) is 6.54 Å². The van der Waals surface area contributed by atoms with E-state index < -0.39 is 0 Å². The number of ether oxygens (including phenoxy) is 1. The van der Waals surface area contributed by atoms with Crippen LogP contribution >= 0.6 is 0 Å². The van der Waals surface area contributed by atoms with Crippen LogP contribution in [0.2, 0.25) is 0 Å². The molecule has 2 nitrogen and oxygen atoms in total. The second kappa shape index (κ2) is 7.11. The highest BCUT2D eigenvalue weighted by molar-refractivity contribution is 5.29. The lowest BCUT2D eigenvalue weighted by atomic mass is 10.1. The molecular weight excluding hydrogens is 246 g/mol. The van der Waals surface area contributed by atoms with Crippen LogP contribution in [0.4, 0.5) is 0 Å². The Morgan fingerprint density at radius 2 is 1.90 bits per heavy atom. The van der Waals surface area contributed by atoms with Crippen molar-refractivity contribution in [3.8, 4) is 5.75 Å². The van der Waals surface area contributed by atoms with Gasteiger partial charge >= 0.3 is 0 Å². The summed E-state index contributed by atoms with van der Waals surface area (Å²) >= 11 is 0. The molecule has 0 saturated carbocycles. The molecule has 0 amide bonds. The number of rotatable bonds is 6. The fraction of sp³-hybridized carbons (Fsp3) is 0.333. The average molecular weight is 269 g/mol. The lowest BCUT2D eigenvalue weighted by Gasteiger charge is -2.15. The summed E-state index contributed by atoms with van der Waals surface area (Å²) in [6.45, 7) is 7.88. The van der Waals surface area contributed by atoms with Gasteiger partial charge in [-0.1, -0.05) is 42.0 Å². The van der Waals surface area contributed by atoms with Gasteiger partial charge < -0.3 is 10.1 Å². The van der Waals surface area contributed by atoms with E-state index in [1.807, 2.05) is 19.1 Å². The first-order valence-corrected chi connectivity index (χ1v) is 7.20. The summed E-state index contributed by atoms with van der Waals surface area (Å²) in [6, 6.07) is 17.2. The molecule has 0 spiro atoms. The van der Waals surface area contributed by atoms with Gasteiger partial charge in [0.15, 0.2) is 0 Å². The van der Waals surface area contributed by atoms with Gasteiger partial charge in [-0.25, -0.2) is 0 Å². The van der Waals surface area contributed by atoms with E-state index >= 15 is 0 Å². The quantitative estimate of drug-likeness (QED) is 0.846. The van der Waals surface area contributed by atoms with Gasteiger partial charge in [0.25, 0.3) is 0 Å². The molecule has 2 aromatic rings. The van der Waals surface area contributed by atoms with Crippen molar-refractivity contribution in [3.63, 3.8) is 0 Å². The third-order valence-electron chi connectivity index (χ3n) is 3.36. The Bertz CT molecular complexity index is 551. The molecule has 1 N–H and O–H groups in total. The van der Waals surface area contributed by atoms with Crippen molar-refractivity contribution in [3.05, 3.63) is 65.2 Å². The highest BCUT2D eigenvalue weighted by atomic mass is 16.5. The summed E-state index contributed by atoms with van der Waals surface area (Å²) in [6.07, 6.45) is 0. The maximum Gasteiger partial charge on any atom is 0.119 e. The molecule has 2 heteroatoms. The van der Waals surface area contributed by atoms with Crippen molar-refractivity contribution in [1.82, 2.24) is 5.32 Å². The first-order valence-electron chi connectivity index (χ1n) is 7.20. The number of nitrogens with one attached hydrogen (secondary N) is 1. The lowest BCUT2D eigenvalue weighted by molar-refractivity contribution is 0.339. The molecule has 0 bridgehead atoms. The third-order valence-corrected chi connectivity index (χ3v) is 3.36. The van der Waals surface area contributed by atoms with Crippen LogP contribution in [0, 0.1) is 6.92 Å². The molecule has 0 radical (unpaired) electrons. The van der Waals surface area contributed by atoms with Crippen molar-refractivity contribution < 1.29 is 4.74 Å². The Hall–Kier alpha value is -1.80. The van der Waals surface area contributed by atoms with Crippen molar-refractivity contribution >= 4 is 0 Å². The van der Waals surface area contributed by atoms with Crippen molar-refractivity contribution in [1.29, 1.82) is 0 Å². The molecule has 0 unspecified atom stereocenters. The van der Waals surface area contributed by atoms with Crippen molar-refractivity contribution in [2.75, 3.05) is 6.61 Å². The minimum Gasteiger partial charge on any atom is -0.494 e. The number of hydrogen-bond donors (Lipinski definition) is 1. The maximum absolute atomic E-state index is 5.53. The SMILES string of the molecule is CCOc1cccc(CN[C@H](C)c2cccc(C)c2)c1. The molecule has 2 rings (SSSR count).